The SMILES string of the molecule is Cc1ccc(-c2nc(NC(=O)C(Sc3cccc(NC(=O)c4cccc([N+](=O)[O-])c4)c3)c3ccccc3)sc2C)cc1. The first-order chi connectivity index (χ1) is 20.3. The molecule has 2 amide bonds. The summed E-state index contributed by atoms with van der Waals surface area (Å²) in [5.41, 5.74) is 4.33. The summed E-state index contributed by atoms with van der Waals surface area (Å²) >= 11 is 2.77. The topological polar surface area (TPSA) is 114 Å². The highest BCUT2D eigenvalue weighted by molar-refractivity contribution is 8.00. The summed E-state index contributed by atoms with van der Waals surface area (Å²) in [6.45, 7) is 4.02. The molecule has 2 N–H and O–H groups in total. The molecular formula is C32H26N4O4S2. The molecule has 1 unspecified atom stereocenters. The molecular weight excluding hydrogens is 569 g/mol. The molecule has 10 heteroatoms. The van der Waals surface area contributed by atoms with Crippen molar-refractivity contribution < 1.29 is 14.5 Å². The Labute approximate surface area is 251 Å². The number of benzene rings is 4. The number of nitrogens with one attached hydrogen (secondary N) is 2. The molecule has 0 bridgehead atoms. The van der Waals surface area contributed by atoms with Gasteiger partial charge in [0.1, 0.15) is 5.25 Å². The van der Waals surface area contributed by atoms with E-state index in [0.717, 1.165) is 32.2 Å². The Morgan fingerprint density at radius 3 is 2.36 bits per heavy atom. The van der Waals surface area contributed by atoms with Crippen LogP contribution < -0.4 is 10.6 Å². The molecule has 0 aliphatic carbocycles. The second kappa shape index (κ2) is 12.8. The first kappa shape index (κ1) is 28.7. The first-order valence-corrected chi connectivity index (χ1v) is 14.7. The van der Waals surface area contributed by atoms with Crippen molar-refractivity contribution in [3.63, 3.8) is 0 Å². The summed E-state index contributed by atoms with van der Waals surface area (Å²) in [6.07, 6.45) is 0. The molecule has 0 saturated carbocycles. The number of non-ortho nitro benzene ring substituents is 1. The number of anilines is 2. The van der Waals surface area contributed by atoms with E-state index in [0.29, 0.717) is 10.8 Å². The minimum Gasteiger partial charge on any atom is -0.322 e. The van der Waals surface area contributed by atoms with Gasteiger partial charge in [-0.25, -0.2) is 4.98 Å². The van der Waals surface area contributed by atoms with E-state index in [2.05, 4.69) is 10.6 Å². The number of aromatic nitrogens is 1. The summed E-state index contributed by atoms with van der Waals surface area (Å²) in [5.74, 6) is -0.692. The highest BCUT2D eigenvalue weighted by atomic mass is 32.2. The molecule has 0 spiro atoms. The van der Waals surface area contributed by atoms with Gasteiger partial charge < -0.3 is 10.6 Å². The van der Waals surface area contributed by atoms with Crippen LogP contribution in [-0.2, 0) is 4.79 Å². The number of thioether (sulfide) groups is 1. The summed E-state index contributed by atoms with van der Waals surface area (Å²) in [4.78, 5) is 43.5. The molecule has 0 aliphatic rings. The summed E-state index contributed by atoms with van der Waals surface area (Å²) in [6, 6.07) is 30.3. The van der Waals surface area contributed by atoms with E-state index in [4.69, 9.17) is 4.98 Å². The molecule has 8 nitrogen and oxygen atoms in total. The summed E-state index contributed by atoms with van der Waals surface area (Å²) in [7, 11) is 0. The fourth-order valence-electron chi connectivity index (χ4n) is 4.25. The largest absolute Gasteiger partial charge is 0.322 e. The number of thiazole rings is 1. The van der Waals surface area contributed by atoms with Gasteiger partial charge in [-0.15, -0.1) is 23.1 Å². The fraction of sp³-hybridized carbons (Fsp3) is 0.0938. The number of amides is 2. The predicted molar refractivity (Wildman–Crippen MR) is 168 cm³/mol. The molecule has 0 saturated heterocycles. The van der Waals surface area contributed by atoms with Crippen molar-refractivity contribution in [2.24, 2.45) is 0 Å². The Bertz CT molecular complexity index is 1750. The van der Waals surface area contributed by atoms with Gasteiger partial charge in [-0.1, -0.05) is 72.3 Å². The Balaban J connectivity index is 1.35. The van der Waals surface area contributed by atoms with E-state index < -0.39 is 16.1 Å². The van der Waals surface area contributed by atoms with Gasteiger partial charge in [-0.3, -0.25) is 19.7 Å². The summed E-state index contributed by atoms with van der Waals surface area (Å²) in [5, 5.41) is 16.8. The molecule has 1 heterocycles. The minimum atomic E-state index is -0.596. The van der Waals surface area contributed by atoms with Crippen molar-refractivity contribution in [1.82, 2.24) is 4.98 Å². The average Bonchev–Trinajstić information content (AvgIpc) is 3.36. The third-order valence-corrected chi connectivity index (χ3v) is 8.49. The lowest BCUT2D eigenvalue weighted by atomic mass is 10.1. The molecule has 0 fully saturated rings. The van der Waals surface area contributed by atoms with Gasteiger partial charge in [0.2, 0.25) is 5.91 Å². The summed E-state index contributed by atoms with van der Waals surface area (Å²) < 4.78 is 0. The fourth-order valence-corrected chi connectivity index (χ4v) is 6.17. The molecule has 42 heavy (non-hydrogen) atoms. The quantitative estimate of drug-likeness (QED) is 0.101. The number of carbonyl (C=O) groups excluding carboxylic acids is 2. The standard InChI is InChI=1S/C32H26N4O4S2/c1-20-14-16-22(17-15-20)28-21(2)41-32(34-28)35-31(38)29(23-8-4-3-5-9-23)42-27-13-7-11-25(19-27)33-30(37)24-10-6-12-26(18-24)36(39)40/h3-19,29H,1-2H3,(H,33,37)(H,34,35,38). The lowest BCUT2D eigenvalue weighted by Gasteiger charge is -2.17. The highest BCUT2D eigenvalue weighted by Crippen LogP contribution is 2.38. The van der Waals surface area contributed by atoms with Crippen molar-refractivity contribution in [1.29, 1.82) is 0 Å². The van der Waals surface area contributed by atoms with Gasteiger partial charge in [-0.2, -0.15) is 0 Å². The van der Waals surface area contributed by atoms with Crippen LogP contribution in [0.2, 0.25) is 0 Å². The van der Waals surface area contributed by atoms with Crippen LogP contribution in [0.4, 0.5) is 16.5 Å². The van der Waals surface area contributed by atoms with Gasteiger partial charge in [0, 0.05) is 38.7 Å². The average molecular weight is 595 g/mol. The number of hydrogen-bond acceptors (Lipinski definition) is 7. The van der Waals surface area contributed by atoms with Gasteiger partial charge >= 0.3 is 0 Å². The third-order valence-electron chi connectivity index (χ3n) is 6.36. The van der Waals surface area contributed by atoms with Gasteiger partial charge in [-0.05, 0) is 43.7 Å². The van der Waals surface area contributed by atoms with E-state index in [1.54, 1.807) is 18.2 Å². The van der Waals surface area contributed by atoms with E-state index in [1.807, 2.05) is 74.5 Å². The van der Waals surface area contributed by atoms with Crippen molar-refractivity contribution in [2.75, 3.05) is 10.6 Å². The number of carbonyl (C=O) groups is 2. The van der Waals surface area contributed by atoms with Crippen LogP contribution in [-0.4, -0.2) is 21.7 Å². The molecule has 5 aromatic rings. The maximum atomic E-state index is 13.7. The second-order valence-electron chi connectivity index (χ2n) is 9.48. The number of hydrogen-bond donors (Lipinski definition) is 2. The highest BCUT2D eigenvalue weighted by Gasteiger charge is 2.24. The maximum absolute atomic E-state index is 13.7. The first-order valence-electron chi connectivity index (χ1n) is 13.0. The van der Waals surface area contributed by atoms with Crippen LogP contribution in [0.1, 0.15) is 31.6 Å². The number of nitrogens with zero attached hydrogens (tertiary/aromatic N) is 2. The van der Waals surface area contributed by atoms with Crippen molar-refractivity contribution in [3.05, 3.63) is 135 Å². The molecule has 1 atom stereocenters. The van der Waals surface area contributed by atoms with E-state index in [9.17, 15) is 19.7 Å². The number of aryl methyl sites for hydroxylation is 2. The van der Waals surface area contributed by atoms with Crippen LogP contribution in [0.15, 0.2) is 108 Å². The van der Waals surface area contributed by atoms with E-state index in [1.165, 1.54) is 47.4 Å². The Morgan fingerprint density at radius 1 is 0.881 bits per heavy atom. The molecule has 4 aromatic carbocycles. The number of nitro benzene ring substituents is 1. The van der Waals surface area contributed by atoms with Crippen molar-refractivity contribution >= 4 is 51.4 Å². The zero-order chi connectivity index (χ0) is 29.6. The van der Waals surface area contributed by atoms with Crippen LogP contribution >= 0.6 is 23.1 Å². The maximum Gasteiger partial charge on any atom is 0.270 e. The second-order valence-corrected chi connectivity index (χ2v) is 11.9. The third kappa shape index (κ3) is 6.91. The molecule has 5 rings (SSSR count). The minimum absolute atomic E-state index is 0.162. The lowest BCUT2D eigenvalue weighted by molar-refractivity contribution is -0.384. The molecule has 0 aliphatic heterocycles. The van der Waals surface area contributed by atoms with Crippen molar-refractivity contribution in [2.45, 2.75) is 24.0 Å². The van der Waals surface area contributed by atoms with Crippen molar-refractivity contribution in [3.8, 4) is 11.3 Å². The zero-order valence-electron chi connectivity index (χ0n) is 22.7. The zero-order valence-corrected chi connectivity index (χ0v) is 24.4. The van der Waals surface area contributed by atoms with Crippen LogP contribution in [0.25, 0.3) is 11.3 Å². The van der Waals surface area contributed by atoms with Crippen LogP contribution in [0, 0.1) is 24.0 Å². The van der Waals surface area contributed by atoms with Gasteiger partial charge in [0.05, 0.1) is 10.6 Å². The Kier molecular flexibility index (Phi) is 8.75. The lowest BCUT2D eigenvalue weighted by Crippen LogP contribution is -2.19. The molecule has 1 aromatic heterocycles. The molecule has 0 radical (unpaired) electrons. The van der Waals surface area contributed by atoms with E-state index >= 15 is 0 Å². The van der Waals surface area contributed by atoms with Gasteiger partial charge in [0.25, 0.3) is 11.6 Å². The predicted octanol–water partition coefficient (Wildman–Crippen LogP) is 8.06. The number of rotatable bonds is 9. The van der Waals surface area contributed by atoms with Crippen LogP contribution in [0.3, 0.4) is 0 Å². The van der Waals surface area contributed by atoms with E-state index in [-0.39, 0.29) is 17.2 Å². The molecule has 210 valence electrons. The monoisotopic (exact) mass is 594 g/mol. The Hall–Kier alpha value is -4.80. The normalized spacial score (nSPS) is 11.5. The smallest absolute Gasteiger partial charge is 0.270 e. The van der Waals surface area contributed by atoms with Crippen LogP contribution in [0.5, 0.6) is 0 Å². The van der Waals surface area contributed by atoms with Gasteiger partial charge in [0.15, 0.2) is 5.13 Å². The Morgan fingerprint density at radius 2 is 1.62 bits per heavy atom. The number of nitro groups is 1.